The van der Waals surface area contributed by atoms with Crippen molar-refractivity contribution in [1.82, 2.24) is 15.5 Å². The Bertz CT molecular complexity index is 373. The zero-order valence-electron chi connectivity index (χ0n) is 13.4. The van der Waals surface area contributed by atoms with E-state index in [9.17, 15) is 9.59 Å². The summed E-state index contributed by atoms with van der Waals surface area (Å²) in [4.78, 5) is 25.1. The monoisotopic (exact) mass is 301 g/mol. The molecule has 1 amide bonds. The third kappa shape index (κ3) is 5.17. The summed E-state index contributed by atoms with van der Waals surface area (Å²) in [6.45, 7) is 7.67. The molecule has 0 unspecified atom stereocenters. The highest BCUT2D eigenvalue weighted by Gasteiger charge is 2.45. The van der Waals surface area contributed by atoms with Gasteiger partial charge in [-0.3, -0.25) is 4.90 Å². The molecule has 0 radical (unpaired) electrons. The first-order chi connectivity index (χ1) is 9.67. The van der Waals surface area contributed by atoms with Crippen LogP contribution in [0.5, 0.6) is 0 Å². The Morgan fingerprint density at radius 2 is 2.10 bits per heavy atom. The predicted octanol–water partition coefficient (Wildman–Crippen LogP) is 0.650. The van der Waals surface area contributed by atoms with Gasteiger partial charge in [0.2, 0.25) is 0 Å². The van der Waals surface area contributed by atoms with Crippen LogP contribution in [0.3, 0.4) is 0 Å². The van der Waals surface area contributed by atoms with Crippen molar-refractivity contribution in [2.45, 2.75) is 44.8 Å². The van der Waals surface area contributed by atoms with Crippen molar-refractivity contribution in [3.8, 4) is 0 Å². The van der Waals surface area contributed by atoms with Crippen LogP contribution < -0.4 is 10.6 Å². The Morgan fingerprint density at radius 1 is 1.43 bits per heavy atom. The minimum absolute atomic E-state index is 0.250. The molecule has 7 heteroatoms. The largest absolute Gasteiger partial charge is 0.465 e. The van der Waals surface area contributed by atoms with Crippen molar-refractivity contribution < 1.29 is 19.4 Å². The van der Waals surface area contributed by atoms with Gasteiger partial charge in [-0.15, -0.1) is 0 Å². The third-order valence-corrected chi connectivity index (χ3v) is 3.59. The van der Waals surface area contributed by atoms with E-state index in [0.717, 1.165) is 13.0 Å². The average Bonchev–Trinajstić information content (AvgIpc) is 2.36. The predicted molar refractivity (Wildman–Crippen MR) is 79.3 cm³/mol. The number of esters is 1. The Hall–Kier alpha value is -1.34. The van der Waals surface area contributed by atoms with Crippen LogP contribution in [0.15, 0.2) is 0 Å². The Balaban J connectivity index is 2.77. The normalized spacial score (nSPS) is 22.9. The second-order valence-electron chi connectivity index (χ2n) is 6.47. The lowest BCUT2D eigenvalue weighted by molar-refractivity contribution is -0.170. The molecule has 21 heavy (non-hydrogen) atoms. The molecule has 0 aromatic carbocycles. The molecular weight excluding hydrogens is 274 g/mol. The van der Waals surface area contributed by atoms with Gasteiger partial charge in [0.1, 0.15) is 11.1 Å². The van der Waals surface area contributed by atoms with Crippen LogP contribution in [0.2, 0.25) is 0 Å². The standard InChI is InChI=1S/C14H27N3O4/c1-13(2,3)21-11(18)14(6-5-7-15-10-14)17(4)9-8-16-12(19)20/h15-16H,5-10H2,1-4H3,(H,19,20)/t14-/m0/s1. The molecule has 7 nitrogen and oxygen atoms in total. The summed E-state index contributed by atoms with van der Waals surface area (Å²) in [7, 11) is 1.83. The van der Waals surface area contributed by atoms with Crippen LogP contribution >= 0.6 is 0 Å². The van der Waals surface area contributed by atoms with Gasteiger partial charge in [0, 0.05) is 19.6 Å². The molecule has 0 saturated carbocycles. The number of amides is 1. The number of carboxylic acid groups (broad SMARTS) is 1. The van der Waals surface area contributed by atoms with Crippen LogP contribution in [0.1, 0.15) is 33.6 Å². The minimum atomic E-state index is -1.06. The van der Waals surface area contributed by atoms with Gasteiger partial charge in [0.15, 0.2) is 0 Å². The first kappa shape index (κ1) is 17.7. The molecule has 1 rings (SSSR count). The van der Waals surface area contributed by atoms with Crippen molar-refractivity contribution in [2.75, 3.05) is 33.2 Å². The van der Waals surface area contributed by atoms with E-state index in [-0.39, 0.29) is 12.5 Å². The van der Waals surface area contributed by atoms with Gasteiger partial charge in [-0.1, -0.05) is 0 Å². The molecule has 0 bridgehead atoms. The lowest BCUT2D eigenvalue weighted by Crippen LogP contribution is -2.63. The summed E-state index contributed by atoms with van der Waals surface area (Å²) in [6.07, 6.45) is 0.533. The van der Waals surface area contributed by atoms with E-state index in [4.69, 9.17) is 9.84 Å². The van der Waals surface area contributed by atoms with Gasteiger partial charge in [-0.05, 0) is 47.2 Å². The van der Waals surface area contributed by atoms with E-state index >= 15 is 0 Å². The minimum Gasteiger partial charge on any atom is -0.465 e. The number of piperidine rings is 1. The van der Waals surface area contributed by atoms with E-state index in [1.807, 2.05) is 32.7 Å². The lowest BCUT2D eigenvalue weighted by Gasteiger charge is -2.43. The van der Waals surface area contributed by atoms with Crippen LogP contribution in [0, 0.1) is 0 Å². The SMILES string of the molecule is CN(CCNC(=O)O)[C@@]1(C(=O)OC(C)(C)C)CCCNC1. The fourth-order valence-electron chi connectivity index (χ4n) is 2.46. The number of nitrogens with zero attached hydrogens (tertiary/aromatic N) is 1. The van der Waals surface area contributed by atoms with Gasteiger partial charge < -0.3 is 20.5 Å². The number of ether oxygens (including phenoxy) is 1. The molecule has 122 valence electrons. The van der Waals surface area contributed by atoms with Crippen molar-refractivity contribution in [3.63, 3.8) is 0 Å². The topological polar surface area (TPSA) is 90.9 Å². The molecule has 0 aromatic heterocycles. The third-order valence-electron chi connectivity index (χ3n) is 3.59. The molecule has 1 heterocycles. The number of hydrogen-bond acceptors (Lipinski definition) is 5. The summed E-state index contributed by atoms with van der Waals surface area (Å²) in [5, 5.41) is 14.2. The first-order valence-corrected chi connectivity index (χ1v) is 7.29. The van der Waals surface area contributed by atoms with E-state index in [0.29, 0.717) is 19.5 Å². The fraction of sp³-hybridized carbons (Fsp3) is 0.857. The smallest absolute Gasteiger partial charge is 0.404 e. The van der Waals surface area contributed by atoms with Crippen LogP contribution in [0.25, 0.3) is 0 Å². The van der Waals surface area contributed by atoms with Crippen molar-refractivity contribution in [1.29, 1.82) is 0 Å². The number of rotatable bonds is 5. The summed E-state index contributed by atoms with van der Waals surface area (Å²) >= 11 is 0. The molecule has 0 aromatic rings. The molecule has 1 aliphatic rings. The maximum absolute atomic E-state index is 12.6. The van der Waals surface area contributed by atoms with E-state index in [2.05, 4.69) is 10.6 Å². The highest BCUT2D eigenvalue weighted by molar-refractivity contribution is 5.81. The zero-order chi connectivity index (χ0) is 16.1. The molecule has 1 fully saturated rings. The van der Waals surface area contributed by atoms with Crippen molar-refractivity contribution in [3.05, 3.63) is 0 Å². The molecule has 3 N–H and O–H groups in total. The van der Waals surface area contributed by atoms with Gasteiger partial charge in [-0.25, -0.2) is 9.59 Å². The number of carbonyl (C=O) groups excluding carboxylic acids is 1. The summed E-state index contributed by atoms with van der Waals surface area (Å²) in [5.41, 5.74) is -1.27. The van der Waals surface area contributed by atoms with E-state index in [1.165, 1.54) is 0 Å². The summed E-state index contributed by atoms with van der Waals surface area (Å²) in [6, 6.07) is 0. The van der Waals surface area contributed by atoms with Gasteiger partial charge in [0.25, 0.3) is 0 Å². The van der Waals surface area contributed by atoms with E-state index in [1.54, 1.807) is 0 Å². The van der Waals surface area contributed by atoms with E-state index < -0.39 is 17.2 Å². The first-order valence-electron chi connectivity index (χ1n) is 7.29. The molecule has 0 spiro atoms. The molecule has 0 aliphatic carbocycles. The fourth-order valence-corrected chi connectivity index (χ4v) is 2.46. The average molecular weight is 301 g/mol. The lowest BCUT2D eigenvalue weighted by atomic mass is 9.88. The summed E-state index contributed by atoms with van der Waals surface area (Å²) < 4.78 is 5.57. The maximum Gasteiger partial charge on any atom is 0.404 e. The van der Waals surface area contributed by atoms with Gasteiger partial charge in [-0.2, -0.15) is 0 Å². The van der Waals surface area contributed by atoms with Gasteiger partial charge in [0.05, 0.1) is 0 Å². The van der Waals surface area contributed by atoms with Gasteiger partial charge >= 0.3 is 12.1 Å². The Kier molecular flexibility index (Phi) is 5.98. The van der Waals surface area contributed by atoms with Crippen LogP contribution in [0.4, 0.5) is 4.79 Å². The van der Waals surface area contributed by atoms with Crippen molar-refractivity contribution in [2.24, 2.45) is 0 Å². The van der Waals surface area contributed by atoms with Crippen LogP contribution in [-0.2, 0) is 9.53 Å². The summed E-state index contributed by atoms with van der Waals surface area (Å²) in [5.74, 6) is -0.250. The number of likely N-dealkylation sites (N-methyl/N-ethyl adjacent to an activating group) is 1. The zero-order valence-corrected chi connectivity index (χ0v) is 13.4. The molecule has 1 aliphatic heterocycles. The second kappa shape index (κ2) is 7.09. The van der Waals surface area contributed by atoms with Crippen molar-refractivity contribution >= 4 is 12.1 Å². The highest BCUT2D eigenvalue weighted by Crippen LogP contribution is 2.26. The number of nitrogens with one attached hydrogen (secondary N) is 2. The second-order valence-corrected chi connectivity index (χ2v) is 6.47. The molecule has 1 saturated heterocycles. The number of hydrogen-bond donors (Lipinski definition) is 3. The molecule has 1 atom stereocenters. The maximum atomic E-state index is 12.6. The number of carbonyl (C=O) groups is 2. The quantitative estimate of drug-likeness (QED) is 0.646. The Morgan fingerprint density at radius 3 is 2.57 bits per heavy atom. The van der Waals surface area contributed by atoms with Crippen LogP contribution in [-0.4, -0.2) is 66.4 Å². The molecular formula is C14H27N3O4. The Labute approximate surface area is 126 Å². The highest BCUT2D eigenvalue weighted by atomic mass is 16.6.